The van der Waals surface area contributed by atoms with Gasteiger partial charge in [-0.25, -0.2) is 0 Å². The standard InChI is InChI=1S/C28H24N4O8/c1-11(33)39-25-19(17-13-7-3-5-9-15(13)31-21(17)27(29)37)24(36)26(40-12(2)34)20(23(25)35)18-14-8-4-6-10-16(14)32-22(18)28(30)38/h3-10,19-20,25-26,31-32H,1-2H3,(H2,29,37)(H2,30,38). The van der Waals surface area contributed by atoms with E-state index in [9.17, 15) is 28.8 Å². The van der Waals surface area contributed by atoms with Gasteiger partial charge in [0.15, 0.2) is 23.8 Å². The Kier molecular flexibility index (Phi) is 6.46. The molecule has 0 saturated heterocycles. The molecule has 5 rings (SSSR count). The lowest BCUT2D eigenvalue weighted by molar-refractivity contribution is -0.170. The molecule has 2 heterocycles. The average molecular weight is 545 g/mol. The number of carbonyl (C=O) groups excluding carboxylic acids is 6. The second kappa shape index (κ2) is 9.80. The Morgan fingerprint density at radius 1 is 0.650 bits per heavy atom. The molecule has 40 heavy (non-hydrogen) atoms. The van der Waals surface area contributed by atoms with Gasteiger partial charge >= 0.3 is 11.9 Å². The van der Waals surface area contributed by atoms with E-state index in [1.54, 1.807) is 48.5 Å². The third-order valence-corrected chi connectivity index (χ3v) is 6.97. The van der Waals surface area contributed by atoms with Gasteiger partial charge in [0.25, 0.3) is 11.8 Å². The van der Waals surface area contributed by atoms with E-state index in [0.717, 1.165) is 13.8 Å². The van der Waals surface area contributed by atoms with Crippen LogP contribution in [0, 0.1) is 0 Å². The minimum atomic E-state index is -1.76. The van der Waals surface area contributed by atoms with Crippen LogP contribution in [0.15, 0.2) is 48.5 Å². The molecule has 6 N–H and O–H groups in total. The van der Waals surface area contributed by atoms with Crippen LogP contribution in [0.1, 0.15) is 57.8 Å². The number of aromatic amines is 2. The van der Waals surface area contributed by atoms with E-state index < -0.39 is 59.4 Å². The van der Waals surface area contributed by atoms with Crippen molar-refractivity contribution in [1.82, 2.24) is 9.97 Å². The van der Waals surface area contributed by atoms with Crippen LogP contribution in [0.3, 0.4) is 0 Å². The summed E-state index contributed by atoms with van der Waals surface area (Å²) in [5.41, 5.74) is 11.8. The second-order valence-corrected chi connectivity index (χ2v) is 9.47. The van der Waals surface area contributed by atoms with E-state index in [0.29, 0.717) is 21.8 Å². The molecule has 2 aromatic carbocycles. The monoisotopic (exact) mass is 544 g/mol. The van der Waals surface area contributed by atoms with Crippen LogP contribution in [0.5, 0.6) is 0 Å². The number of aromatic nitrogens is 2. The van der Waals surface area contributed by atoms with Gasteiger partial charge in [0.05, 0.1) is 11.8 Å². The van der Waals surface area contributed by atoms with Gasteiger partial charge in [-0.3, -0.25) is 28.8 Å². The number of nitrogens with two attached hydrogens (primary N) is 2. The minimum Gasteiger partial charge on any atom is -0.453 e. The zero-order chi connectivity index (χ0) is 28.9. The zero-order valence-electron chi connectivity index (χ0n) is 21.3. The van der Waals surface area contributed by atoms with Gasteiger partial charge in [-0.05, 0) is 12.1 Å². The maximum absolute atomic E-state index is 14.3. The van der Waals surface area contributed by atoms with Crippen LogP contribution in [0.25, 0.3) is 21.8 Å². The third-order valence-electron chi connectivity index (χ3n) is 6.97. The Morgan fingerprint density at radius 2 is 1.00 bits per heavy atom. The fraction of sp³-hybridized carbons (Fsp3) is 0.214. The maximum Gasteiger partial charge on any atom is 0.303 e. The Labute approximate surface area is 226 Å². The molecule has 204 valence electrons. The first kappa shape index (κ1) is 26.4. The highest BCUT2D eigenvalue weighted by Gasteiger charge is 2.56. The summed E-state index contributed by atoms with van der Waals surface area (Å²) in [4.78, 5) is 83.8. The van der Waals surface area contributed by atoms with Crippen molar-refractivity contribution < 1.29 is 38.2 Å². The Morgan fingerprint density at radius 3 is 1.32 bits per heavy atom. The number of para-hydroxylation sites is 2. The predicted molar refractivity (Wildman–Crippen MR) is 140 cm³/mol. The zero-order valence-corrected chi connectivity index (χ0v) is 21.3. The molecule has 0 spiro atoms. The maximum atomic E-state index is 14.3. The normalized spacial score (nSPS) is 20.9. The second-order valence-electron chi connectivity index (χ2n) is 9.47. The molecule has 1 saturated carbocycles. The molecule has 1 aliphatic carbocycles. The highest BCUT2D eigenvalue weighted by Crippen LogP contribution is 2.45. The molecule has 1 fully saturated rings. The van der Waals surface area contributed by atoms with E-state index in [-0.39, 0.29) is 22.5 Å². The molecule has 4 aromatic rings. The van der Waals surface area contributed by atoms with E-state index in [1.165, 1.54) is 0 Å². The summed E-state index contributed by atoms with van der Waals surface area (Å²) >= 11 is 0. The summed E-state index contributed by atoms with van der Waals surface area (Å²) in [5.74, 6) is -8.42. The molecule has 0 aliphatic heterocycles. The van der Waals surface area contributed by atoms with Crippen molar-refractivity contribution >= 4 is 57.1 Å². The van der Waals surface area contributed by atoms with E-state index in [1.807, 2.05) is 0 Å². The number of fused-ring (bicyclic) bond motifs is 2. The van der Waals surface area contributed by atoms with Crippen LogP contribution in [-0.2, 0) is 28.7 Å². The number of ketones is 2. The lowest BCUT2D eigenvalue weighted by Gasteiger charge is -2.38. The number of carbonyl (C=O) groups is 6. The smallest absolute Gasteiger partial charge is 0.303 e. The van der Waals surface area contributed by atoms with Gasteiger partial charge in [-0.1, -0.05) is 36.4 Å². The topological polar surface area (TPSA) is 204 Å². The summed E-state index contributed by atoms with van der Waals surface area (Å²) < 4.78 is 10.9. The molecule has 0 bridgehead atoms. The number of esters is 2. The Hall–Kier alpha value is -5.26. The van der Waals surface area contributed by atoms with Gasteiger partial charge in [0.1, 0.15) is 11.4 Å². The van der Waals surface area contributed by atoms with E-state index >= 15 is 0 Å². The summed E-state index contributed by atoms with van der Waals surface area (Å²) in [6.07, 6.45) is -3.51. The van der Waals surface area contributed by atoms with Crippen molar-refractivity contribution in [1.29, 1.82) is 0 Å². The van der Waals surface area contributed by atoms with Crippen molar-refractivity contribution in [3.8, 4) is 0 Å². The van der Waals surface area contributed by atoms with Crippen LogP contribution in [-0.4, -0.2) is 57.5 Å². The predicted octanol–water partition coefficient (Wildman–Crippen LogP) is 1.73. The lowest BCUT2D eigenvalue weighted by Crippen LogP contribution is -2.54. The number of ether oxygens (including phenoxy) is 2. The van der Waals surface area contributed by atoms with Crippen molar-refractivity contribution in [2.75, 3.05) is 0 Å². The van der Waals surface area contributed by atoms with Crippen LogP contribution in [0.4, 0.5) is 0 Å². The van der Waals surface area contributed by atoms with Crippen LogP contribution < -0.4 is 11.5 Å². The number of H-pyrrole nitrogens is 2. The first-order valence-corrected chi connectivity index (χ1v) is 12.2. The molecule has 12 nitrogen and oxygen atoms in total. The van der Waals surface area contributed by atoms with Gasteiger partial charge < -0.3 is 30.9 Å². The van der Waals surface area contributed by atoms with E-state index in [2.05, 4.69) is 9.97 Å². The minimum absolute atomic E-state index is 0.0253. The molecule has 2 amide bonds. The highest BCUT2D eigenvalue weighted by atomic mass is 16.6. The van der Waals surface area contributed by atoms with Crippen molar-refractivity contribution in [2.24, 2.45) is 11.5 Å². The van der Waals surface area contributed by atoms with Crippen molar-refractivity contribution in [3.63, 3.8) is 0 Å². The number of Topliss-reactive ketones (excluding diaryl/α,β-unsaturated/α-hetero) is 2. The molecular formula is C28H24N4O8. The SMILES string of the molecule is CC(=O)OC1C(=O)C(c2c(C(N)=O)[nH]c3ccccc23)C(OC(C)=O)C(=O)C1c1c(C(N)=O)[nH]c2ccccc12. The number of benzene rings is 2. The molecule has 12 heteroatoms. The van der Waals surface area contributed by atoms with Gasteiger partial charge in [-0.15, -0.1) is 0 Å². The van der Waals surface area contributed by atoms with Crippen molar-refractivity contribution in [2.45, 2.75) is 37.9 Å². The molecular weight excluding hydrogens is 520 g/mol. The van der Waals surface area contributed by atoms with Crippen LogP contribution in [0.2, 0.25) is 0 Å². The van der Waals surface area contributed by atoms with Crippen LogP contribution >= 0.6 is 0 Å². The fourth-order valence-electron chi connectivity index (χ4n) is 5.54. The summed E-state index contributed by atoms with van der Waals surface area (Å²) in [5, 5.41) is 0.758. The van der Waals surface area contributed by atoms with Gasteiger partial charge in [-0.2, -0.15) is 0 Å². The number of rotatable bonds is 6. The largest absolute Gasteiger partial charge is 0.453 e. The lowest BCUT2D eigenvalue weighted by atomic mass is 9.69. The van der Waals surface area contributed by atoms with Gasteiger partial charge in [0, 0.05) is 46.8 Å². The summed E-state index contributed by atoms with van der Waals surface area (Å²) in [7, 11) is 0. The Balaban J connectivity index is 1.80. The number of amides is 2. The first-order chi connectivity index (χ1) is 19.0. The highest BCUT2D eigenvalue weighted by molar-refractivity contribution is 6.15. The molecule has 1 aliphatic rings. The first-order valence-electron chi connectivity index (χ1n) is 12.2. The van der Waals surface area contributed by atoms with Crippen molar-refractivity contribution in [3.05, 3.63) is 71.0 Å². The quantitative estimate of drug-likeness (QED) is 0.262. The number of hydrogen-bond donors (Lipinski definition) is 4. The fourth-order valence-corrected chi connectivity index (χ4v) is 5.54. The number of primary amides is 2. The van der Waals surface area contributed by atoms with E-state index in [4.69, 9.17) is 20.9 Å². The molecule has 4 atom stereocenters. The molecule has 2 aromatic heterocycles. The summed E-state index contributed by atoms with van der Waals surface area (Å²) in [6.45, 7) is 2.12. The number of nitrogens with one attached hydrogen (secondary N) is 2. The molecule has 0 radical (unpaired) electrons. The summed E-state index contributed by atoms with van der Waals surface area (Å²) in [6, 6.07) is 13.2. The third kappa shape index (κ3) is 4.19. The number of hydrogen-bond acceptors (Lipinski definition) is 8. The van der Waals surface area contributed by atoms with Gasteiger partial charge in [0.2, 0.25) is 0 Å². The molecule has 4 unspecified atom stereocenters. The average Bonchev–Trinajstić information content (AvgIpc) is 3.46. The Bertz CT molecular complexity index is 1620.